The maximum Gasteiger partial charge on any atom is 0.327 e. The molecule has 0 fully saturated rings. The van der Waals surface area contributed by atoms with E-state index in [0.717, 1.165) is 12.0 Å². The molecule has 1 heterocycles. The zero-order valence-corrected chi connectivity index (χ0v) is 10.1. The van der Waals surface area contributed by atoms with E-state index in [-0.39, 0.29) is 5.56 Å². The van der Waals surface area contributed by atoms with Gasteiger partial charge < -0.3 is 4.74 Å². The Labute approximate surface area is 107 Å². The molecule has 0 radical (unpaired) electrons. The molecular formula is C12H11ClF4O. The number of rotatable bonds is 3. The number of hydrogen-bond donors (Lipinski definition) is 0. The van der Waals surface area contributed by atoms with Gasteiger partial charge in [0, 0.05) is 0 Å². The number of fused-ring (bicyclic) bond motifs is 1. The number of ether oxygens (including phenoxy) is 1. The smallest absolute Gasteiger partial charge is 0.327 e. The van der Waals surface area contributed by atoms with Gasteiger partial charge in [-0.2, -0.15) is 8.78 Å². The van der Waals surface area contributed by atoms with Gasteiger partial charge in [-0.05, 0) is 30.0 Å². The minimum absolute atomic E-state index is 0.00813. The molecule has 1 unspecified atom stereocenters. The summed E-state index contributed by atoms with van der Waals surface area (Å²) in [5.41, 5.74) is 0.723. The molecule has 100 valence electrons. The summed E-state index contributed by atoms with van der Waals surface area (Å²) in [6, 6.07) is 4.22. The molecule has 0 amide bonds. The molecule has 2 rings (SSSR count). The lowest BCUT2D eigenvalue weighted by Crippen LogP contribution is -2.31. The SMILES string of the molecule is FC(F)C(F)(F)C(Cl)c1ccc2c(c1)CCCO2. The van der Waals surface area contributed by atoms with Crippen LogP contribution in [0.25, 0.3) is 0 Å². The fourth-order valence-electron chi connectivity index (χ4n) is 1.87. The number of hydrogen-bond acceptors (Lipinski definition) is 1. The maximum absolute atomic E-state index is 13.1. The monoisotopic (exact) mass is 282 g/mol. The van der Waals surface area contributed by atoms with Crippen LogP contribution in [0, 0.1) is 0 Å². The Hall–Kier alpha value is -0.970. The minimum Gasteiger partial charge on any atom is -0.493 e. The molecular weight excluding hydrogens is 272 g/mol. The van der Waals surface area contributed by atoms with Crippen LogP contribution in [-0.4, -0.2) is 19.0 Å². The number of alkyl halides is 5. The van der Waals surface area contributed by atoms with Crippen molar-refractivity contribution in [2.45, 2.75) is 30.6 Å². The topological polar surface area (TPSA) is 9.23 Å². The lowest BCUT2D eigenvalue weighted by atomic mass is 9.99. The number of aryl methyl sites for hydroxylation is 1. The van der Waals surface area contributed by atoms with E-state index >= 15 is 0 Å². The molecule has 0 saturated carbocycles. The van der Waals surface area contributed by atoms with Crippen molar-refractivity contribution in [3.63, 3.8) is 0 Å². The predicted octanol–water partition coefficient (Wildman–Crippen LogP) is 4.19. The Bertz CT molecular complexity index is 436. The number of halogens is 5. The van der Waals surface area contributed by atoms with E-state index in [2.05, 4.69) is 0 Å². The van der Waals surface area contributed by atoms with Crippen molar-refractivity contribution in [1.82, 2.24) is 0 Å². The molecule has 0 saturated heterocycles. The van der Waals surface area contributed by atoms with E-state index in [4.69, 9.17) is 16.3 Å². The van der Waals surface area contributed by atoms with E-state index in [0.29, 0.717) is 18.8 Å². The summed E-state index contributed by atoms with van der Waals surface area (Å²) in [5, 5.41) is -2.04. The van der Waals surface area contributed by atoms with Crippen LogP contribution in [0.4, 0.5) is 17.6 Å². The van der Waals surface area contributed by atoms with Crippen LogP contribution in [0.15, 0.2) is 18.2 Å². The zero-order valence-electron chi connectivity index (χ0n) is 9.31. The molecule has 18 heavy (non-hydrogen) atoms. The van der Waals surface area contributed by atoms with E-state index in [9.17, 15) is 17.6 Å². The van der Waals surface area contributed by atoms with E-state index in [1.807, 2.05) is 0 Å². The normalized spacial score (nSPS) is 17.2. The third kappa shape index (κ3) is 2.41. The first-order valence-corrected chi connectivity index (χ1v) is 5.92. The Morgan fingerprint density at radius 2 is 2.00 bits per heavy atom. The van der Waals surface area contributed by atoms with Gasteiger partial charge in [0.2, 0.25) is 0 Å². The van der Waals surface area contributed by atoms with Crippen molar-refractivity contribution in [3.05, 3.63) is 29.3 Å². The van der Waals surface area contributed by atoms with E-state index in [1.54, 1.807) is 0 Å². The van der Waals surface area contributed by atoms with Gasteiger partial charge >= 0.3 is 12.3 Å². The van der Waals surface area contributed by atoms with Crippen LogP contribution in [0.3, 0.4) is 0 Å². The average molecular weight is 283 g/mol. The van der Waals surface area contributed by atoms with Crippen molar-refractivity contribution >= 4 is 11.6 Å². The van der Waals surface area contributed by atoms with Gasteiger partial charge in [-0.3, -0.25) is 0 Å². The summed E-state index contributed by atoms with van der Waals surface area (Å²) >= 11 is 5.46. The molecule has 0 spiro atoms. The van der Waals surface area contributed by atoms with Crippen molar-refractivity contribution in [2.24, 2.45) is 0 Å². The van der Waals surface area contributed by atoms with E-state index in [1.165, 1.54) is 18.2 Å². The summed E-state index contributed by atoms with van der Waals surface area (Å²) in [7, 11) is 0. The first kappa shape index (κ1) is 13.5. The fraction of sp³-hybridized carbons (Fsp3) is 0.500. The molecule has 1 atom stereocenters. The van der Waals surface area contributed by atoms with Gasteiger partial charge in [0.05, 0.1) is 6.61 Å². The molecule has 1 aliphatic rings. The van der Waals surface area contributed by atoms with Crippen molar-refractivity contribution in [2.75, 3.05) is 6.61 Å². The highest BCUT2D eigenvalue weighted by Gasteiger charge is 2.48. The zero-order chi connectivity index (χ0) is 13.3. The van der Waals surface area contributed by atoms with Crippen LogP contribution in [0.2, 0.25) is 0 Å². The van der Waals surface area contributed by atoms with Crippen molar-refractivity contribution in [1.29, 1.82) is 0 Å². The highest BCUT2D eigenvalue weighted by atomic mass is 35.5. The first-order chi connectivity index (χ1) is 8.43. The molecule has 1 aromatic rings. The van der Waals surface area contributed by atoms with Gasteiger partial charge in [-0.25, -0.2) is 8.78 Å². The lowest BCUT2D eigenvalue weighted by Gasteiger charge is -2.23. The predicted molar refractivity (Wildman–Crippen MR) is 59.8 cm³/mol. The van der Waals surface area contributed by atoms with Crippen molar-refractivity contribution in [3.8, 4) is 5.75 Å². The Morgan fingerprint density at radius 1 is 1.28 bits per heavy atom. The second kappa shape index (κ2) is 4.96. The van der Waals surface area contributed by atoms with Crippen LogP contribution in [0.5, 0.6) is 5.75 Å². The standard InChI is InChI=1S/C12H11ClF4O/c13-10(12(16,17)11(14)15)8-3-4-9-7(6-8)2-1-5-18-9/h3-4,6,10-11H,1-2,5H2. The Kier molecular flexibility index (Phi) is 3.71. The van der Waals surface area contributed by atoms with Crippen LogP contribution >= 0.6 is 11.6 Å². The van der Waals surface area contributed by atoms with Crippen LogP contribution < -0.4 is 4.74 Å². The quantitative estimate of drug-likeness (QED) is 0.596. The van der Waals surface area contributed by atoms with Gasteiger partial charge in [0.1, 0.15) is 11.1 Å². The summed E-state index contributed by atoms with van der Waals surface area (Å²) < 4.78 is 56.1. The lowest BCUT2D eigenvalue weighted by molar-refractivity contribution is -0.130. The van der Waals surface area contributed by atoms with Crippen LogP contribution in [-0.2, 0) is 6.42 Å². The molecule has 1 aliphatic heterocycles. The minimum atomic E-state index is -4.24. The highest BCUT2D eigenvalue weighted by Crippen LogP contribution is 2.42. The molecule has 0 bridgehead atoms. The third-order valence-electron chi connectivity index (χ3n) is 2.85. The maximum atomic E-state index is 13.1. The van der Waals surface area contributed by atoms with Gasteiger partial charge in [0.25, 0.3) is 0 Å². The second-order valence-electron chi connectivity index (χ2n) is 4.16. The molecule has 1 aromatic carbocycles. The summed E-state index contributed by atoms with van der Waals surface area (Å²) in [4.78, 5) is 0. The summed E-state index contributed by atoms with van der Waals surface area (Å²) in [5.74, 6) is -3.64. The summed E-state index contributed by atoms with van der Waals surface area (Å²) in [6.07, 6.45) is -2.34. The summed E-state index contributed by atoms with van der Waals surface area (Å²) in [6.45, 7) is 0.573. The molecule has 1 nitrogen and oxygen atoms in total. The molecule has 0 N–H and O–H groups in total. The third-order valence-corrected chi connectivity index (χ3v) is 3.40. The van der Waals surface area contributed by atoms with Gasteiger partial charge in [0.15, 0.2) is 0 Å². The highest BCUT2D eigenvalue weighted by molar-refractivity contribution is 6.21. The molecule has 0 aromatic heterocycles. The Morgan fingerprint density at radius 3 is 2.67 bits per heavy atom. The molecule has 0 aliphatic carbocycles. The fourth-order valence-corrected chi connectivity index (χ4v) is 2.10. The largest absolute Gasteiger partial charge is 0.493 e. The average Bonchev–Trinajstić information content (AvgIpc) is 2.37. The van der Waals surface area contributed by atoms with E-state index < -0.39 is 17.7 Å². The van der Waals surface area contributed by atoms with Gasteiger partial charge in [-0.15, -0.1) is 11.6 Å². The van der Waals surface area contributed by atoms with Crippen molar-refractivity contribution < 1.29 is 22.3 Å². The van der Waals surface area contributed by atoms with Gasteiger partial charge in [-0.1, -0.05) is 12.1 Å². The second-order valence-corrected chi connectivity index (χ2v) is 4.59. The molecule has 6 heteroatoms. The van der Waals surface area contributed by atoms with Crippen LogP contribution in [0.1, 0.15) is 22.9 Å². The first-order valence-electron chi connectivity index (χ1n) is 5.48. The number of benzene rings is 1. The Balaban J connectivity index is 2.28.